The number of piperidine rings is 1. The van der Waals surface area contributed by atoms with Crippen molar-refractivity contribution in [3.05, 3.63) is 47.7 Å². The number of nitrogens with zero attached hydrogens (tertiary/aromatic N) is 5. The second-order valence-electron chi connectivity index (χ2n) is 15.5. The highest BCUT2D eigenvalue weighted by Gasteiger charge is 2.50. The van der Waals surface area contributed by atoms with E-state index in [0.29, 0.717) is 77.4 Å². The minimum atomic E-state index is -0.936. The molecule has 2 aromatic carbocycles. The molecule has 52 heavy (non-hydrogen) atoms. The summed E-state index contributed by atoms with van der Waals surface area (Å²) in [4.78, 5) is 18.8. The van der Waals surface area contributed by atoms with Crippen LogP contribution >= 0.6 is 0 Å². The molecule has 0 spiro atoms. The summed E-state index contributed by atoms with van der Waals surface area (Å²) in [5.74, 6) is 0.605. The number of anilines is 1. The third-order valence-corrected chi connectivity index (χ3v) is 11.6. The molecule has 12 heteroatoms. The summed E-state index contributed by atoms with van der Waals surface area (Å²) in [6, 6.07) is 7.00. The second-order valence-corrected chi connectivity index (χ2v) is 15.5. The Balaban J connectivity index is 1.19. The minimum Gasteiger partial charge on any atom is -0.468 e. The van der Waals surface area contributed by atoms with Crippen molar-refractivity contribution in [3.8, 4) is 23.0 Å². The normalized spacial score (nSPS) is 25.0. The maximum atomic E-state index is 17.2. The quantitative estimate of drug-likeness (QED) is 0.148. The zero-order chi connectivity index (χ0) is 36.0. The first kappa shape index (κ1) is 35.3. The average Bonchev–Trinajstić information content (AvgIpc) is 3.77. The van der Waals surface area contributed by atoms with E-state index < -0.39 is 11.4 Å². The Bertz CT molecular complexity index is 1960. The number of halogens is 2. The van der Waals surface area contributed by atoms with Gasteiger partial charge < -0.3 is 29.0 Å². The Morgan fingerprint density at radius 1 is 1.00 bits per heavy atom. The predicted octanol–water partition coefficient (Wildman–Crippen LogP) is 6.82. The molecule has 1 aliphatic carbocycles. The number of aliphatic hydroxyl groups is 1. The van der Waals surface area contributed by atoms with E-state index in [4.69, 9.17) is 28.9 Å². The molecule has 5 heterocycles. The molecule has 4 fully saturated rings. The molecule has 8 rings (SSSR count). The molecular weight excluding hydrogens is 668 g/mol. The molecule has 3 saturated heterocycles. The Morgan fingerprint density at radius 2 is 1.85 bits per heavy atom. The molecule has 2 aromatic heterocycles. The maximum absolute atomic E-state index is 17.2. The Hall–Kier alpha value is -3.71. The summed E-state index contributed by atoms with van der Waals surface area (Å²) < 4.78 is 56.0. The van der Waals surface area contributed by atoms with E-state index in [1.165, 1.54) is 26.0 Å². The molecule has 4 aromatic rings. The van der Waals surface area contributed by atoms with Gasteiger partial charge in [0.25, 0.3) is 0 Å². The molecule has 1 N–H and O–H groups in total. The predicted molar refractivity (Wildman–Crippen MR) is 195 cm³/mol. The number of benzene rings is 2. The van der Waals surface area contributed by atoms with Crippen molar-refractivity contribution in [2.75, 3.05) is 58.3 Å². The largest absolute Gasteiger partial charge is 0.468 e. The number of β-amino-alcohol motifs (C(OH)–C–C–N with tert-alkyl or cyclic N) is 1. The van der Waals surface area contributed by atoms with Crippen molar-refractivity contribution in [2.24, 2.45) is 5.92 Å². The highest BCUT2D eigenvalue weighted by molar-refractivity contribution is 6.01. The van der Waals surface area contributed by atoms with Crippen LogP contribution in [0, 0.1) is 17.6 Å². The number of aromatic nitrogens is 3. The van der Waals surface area contributed by atoms with Gasteiger partial charge in [-0.2, -0.15) is 9.97 Å². The van der Waals surface area contributed by atoms with Crippen LogP contribution in [0.3, 0.4) is 0 Å². The summed E-state index contributed by atoms with van der Waals surface area (Å²) >= 11 is 0. The lowest BCUT2D eigenvalue weighted by atomic mass is 9.94. The van der Waals surface area contributed by atoms with Crippen LogP contribution in [0.15, 0.2) is 30.5 Å². The number of fused-ring (bicyclic) bond motifs is 3. The van der Waals surface area contributed by atoms with E-state index in [2.05, 4.69) is 9.88 Å². The van der Waals surface area contributed by atoms with Gasteiger partial charge in [-0.15, -0.1) is 0 Å². The van der Waals surface area contributed by atoms with E-state index in [1.807, 2.05) is 18.7 Å². The summed E-state index contributed by atoms with van der Waals surface area (Å²) in [7, 11) is 1.52. The average molecular weight is 718 g/mol. The SMILES string of the molecule is CCc1c(F)ccc2cc(OCOC)cc(-c3ncc4c(N5CCC[C@@](C)(O)C5)nc(OC[C@@]56CCCN5[C@H](COCC5CC5)CC6)nc4c3F)c12. The van der Waals surface area contributed by atoms with Crippen LogP contribution in [0.4, 0.5) is 14.6 Å². The van der Waals surface area contributed by atoms with Crippen molar-refractivity contribution in [1.29, 1.82) is 0 Å². The molecular formula is C40H49F2N5O5. The van der Waals surface area contributed by atoms with Gasteiger partial charge in [0.2, 0.25) is 0 Å². The topological polar surface area (TPSA) is 102 Å². The number of ether oxygens (including phenoxy) is 4. The zero-order valence-corrected chi connectivity index (χ0v) is 30.4. The molecule has 3 aliphatic heterocycles. The van der Waals surface area contributed by atoms with Gasteiger partial charge in [-0.1, -0.05) is 13.0 Å². The van der Waals surface area contributed by atoms with Gasteiger partial charge in [-0.05, 0) is 112 Å². The van der Waals surface area contributed by atoms with Crippen LogP contribution in [0.5, 0.6) is 11.8 Å². The van der Waals surface area contributed by atoms with Crippen molar-refractivity contribution in [1.82, 2.24) is 19.9 Å². The molecule has 0 radical (unpaired) electrons. The first-order valence-electron chi connectivity index (χ1n) is 18.9. The Kier molecular flexibility index (Phi) is 9.69. The van der Waals surface area contributed by atoms with Crippen LogP contribution in [0.1, 0.15) is 70.8 Å². The van der Waals surface area contributed by atoms with Crippen LogP contribution in [0.2, 0.25) is 0 Å². The van der Waals surface area contributed by atoms with Gasteiger partial charge in [-0.25, -0.2) is 8.78 Å². The van der Waals surface area contributed by atoms with Crippen molar-refractivity contribution >= 4 is 27.5 Å². The fourth-order valence-electron chi connectivity index (χ4n) is 8.79. The molecule has 3 atom stereocenters. The second kappa shape index (κ2) is 14.3. The summed E-state index contributed by atoms with van der Waals surface area (Å²) in [6.07, 6.45) is 10.1. The van der Waals surface area contributed by atoms with E-state index >= 15 is 8.78 Å². The summed E-state index contributed by atoms with van der Waals surface area (Å²) in [5.41, 5.74) is -0.154. The van der Waals surface area contributed by atoms with Crippen LogP contribution in [-0.4, -0.2) is 95.5 Å². The van der Waals surface area contributed by atoms with Crippen molar-refractivity contribution in [3.63, 3.8) is 0 Å². The Morgan fingerprint density at radius 3 is 2.63 bits per heavy atom. The number of methoxy groups -OCH3 is 1. The highest BCUT2D eigenvalue weighted by Crippen LogP contribution is 2.44. The third kappa shape index (κ3) is 6.79. The van der Waals surface area contributed by atoms with E-state index in [-0.39, 0.29) is 35.4 Å². The molecule has 0 bridgehead atoms. The van der Waals surface area contributed by atoms with E-state index in [9.17, 15) is 5.11 Å². The molecule has 278 valence electrons. The number of pyridine rings is 1. The Labute approximate surface area is 303 Å². The monoisotopic (exact) mass is 717 g/mol. The first-order chi connectivity index (χ1) is 25.2. The molecule has 1 saturated carbocycles. The van der Waals surface area contributed by atoms with Crippen LogP contribution in [0.25, 0.3) is 32.9 Å². The minimum absolute atomic E-state index is 0.00947. The number of rotatable bonds is 13. The van der Waals surface area contributed by atoms with Gasteiger partial charge in [-0.3, -0.25) is 9.88 Å². The van der Waals surface area contributed by atoms with Gasteiger partial charge in [0.05, 0.1) is 23.1 Å². The number of hydrogen-bond acceptors (Lipinski definition) is 10. The molecule has 4 aliphatic rings. The molecule has 10 nitrogen and oxygen atoms in total. The lowest BCUT2D eigenvalue weighted by molar-refractivity contribution is 0.0333. The van der Waals surface area contributed by atoms with E-state index in [0.717, 1.165) is 57.8 Å². The number of aryl methyl sites for hydroxylation is 1. The fourth-order valence-corrected chi connectivity index (χ4v) is 8.79. The zero-order valence-electron chi connectivity index (χ0n) is 30.4. The lowest BCUT2D eigenvalue weighted by Crippen LogP contribution is -2.48. The van der Waals surface area contributed by atoms with Gasteiger partial charge in [0, 0.05) is 44.6 Å². The summed E-state index contributed by atoms with van der Waals surface area (Å²) in [5, 5.41) is 12.7. The highest BCUT2D eigenvalue weighted by atomic mass is 19.1. The summed E-state index contributed by atoms with van der Waals surface area (Å²) in [6.45, 7) is 7.60. The lowest BCUT2D eigenvalue weighted by Gasteiger charge is -2.38. The van der Waals surface area contributed by atoms with Crippen LogP contribution in [-0.2, 0) is 15.9 Å². The van der Waals surface area contributed by atoms with Crippen molar-refractivity contribution in [2.45, 2.75) is 88.8 Å². The van der Waals surface area contributed by atoms with Gasteiger partial charge >= 0.3 is 6.01 Å². The van der Waals surface area contributed by atoms with Crippen molar-refractivity contribution < 1.29 is 32.8 Å². The van der Waals surface area contributed by atoms with E-state index in [1.54, 1.807) is 24.4 Å². The van der Waals surface area contributed by atoms with Gasteiger partial charge in [0.15, 0.2) is 12.6 Å². The molecule has 0 unspecified atom stereocenters. The standard InChI is InChI=1S/C40H49F2N5O5/c1-4-29-32(41)10-9-26-17-28(52-24-49-3)18-30(33(26)29)35-34(42)36-31(19-43-35)37(46-15-5-12-39(2,48)22-46)45-38(44-36)51-23-40-13-6-16-47(40)27(11-14-40)21-50-20-25-7-8-25/h9-10,17-19,25,27,48H,4-8,11-16,20-24H2,1-3H3/t27-,39+,40-/m0/s1. The molecule has 0 amide bonds. The first-order valence-corrected chi connectivity index (χ1v) is 18.9. The third-order valence-electron chi connectivity index (χ3n) is 11.6. The van der Waals surface area contributed by atoms with Crippen LogP contribution < -0.4 is 14.4 Å². The fraction of sp³-hybridized carbons (Fsp3) is 0.575. The maximum Gasteiger partial charge on any atom is 0.319 e. The van der Waals surface area contributed by atoms with Gasteiger partial charge in [0.1, 0.15) is 35.2 Å². The number of hydrogen-bond donors (Lipinski definition) is 1. The smallest absolute Gasteiger partial charge is 0.319 e.